The SMILES string of the molecule is CN1CC(=O)N(C2CCCN(Cc3ccc(F)cc3Cl)C2)C1=O. The summed E-state index contributed by atoms with van der Waals surface area (Å²) in [6.45, 7) is 2.23. The highest BCUT2D eigenvalue weighted by Crippen LogP contribution is 2.24. The molecular formula is C16H19ClFN3O2. The number of halogens is 2. The van der Waals surface area contributed by atoms with Gasteiger partial charge in [0, 0.05) is 25.2 Å². The van der Waals surface area contributed by atoms with E-state index in [4.69, 9.17) is 11.6 Å². The Balaban J connectivity index is 1.69. The van der Waals surface area contributed by atoms with Gasteiger partial charge >= 0.3 is 6.03 Å². The predicted molar refractivity (Wildman–Crippen MR) is 84.6 cm³/mol. The molecule has 0 aromatic heterocycles. The Morgan fingerprint density at radius 3 is 2.78 bits per heavy atom. The van der Waals surface area contributed by atoms with Crippen LogP contribution in [0.25, 0.3) is 0 Å². The molecule has 1 unspecified atom stereocenters. The zero-order valence-corrected chi connectivity index (χ0v) is 13.7. The third-order valence-electron chi connectivity index (χ3n) is 4.43. The molecule has 2 saturated heterocycles. The lowest BCUT2D eigenvalue weighted by molar-refractivity contribution is -0.127. The number of piperidine rings is 1. The van der Waals surface area contributed by atoms with Crippen LogP contribution in [0.4, 0.5) is 9.18 Å². The van der Waals surface area contributed by atoms with Gasteiger partial charge in [-0.15, -0.1) is 0 Å². The average molecular weight is 340 g/mol. The van der Waals surface area contributed by atoms with Crippen LogP contribution in [-0.4, -0.2) is 59.4 Å². The minimum Gasteiger partial charge on any atom is -0.318 e. The second kappa shape index (κ2) is 6.45. The molecular weight excluding hydrogens is 321 g/mol. The van der Waals surface area contributed by atoms with Gasteiger partial charge in [-0.05, 0) is 37.1 Å². The first kappa shape index (κ1) is 16.2. The van der Waals surface area contributed by atoms with Gasteiger partial charge in [-0.25, -0.2) is 9.18 Å². The summed E-state index contributed by atoms with van der Waals surface area (Å²) >= 11 is 6.09. The standard InChI is InChI=1S/C16H19ClFN3O2/c1-19-10-15(22)21(16(19)23)13-3-2-6-20(9-13)8-11-4-5-12(18)7-14(11)17/h4-5,7,13H,2-3,6,8-10H2,1H3. The number of hydrogen-bond acceptors (Lipinski definition) is 3. The molecule has 3 rings (SSSR count). The third kappa shape index (κ3) is 3.33. The van der Waals surface area contributed by atoms with E-state index in [-0.39, 0.29) is 30.3 Å². The number of benzene rings is 1. The van der Waals surface area contributed by atoms with Crippen molar-refractivity contribution in [3.8, 4) is 0 Å². The van der Waals surface area contributed by atoms with E-state index in [9.17, 15) is 14.0 Å². The normalized spacial score (nSPS) is 23.0. The molecule has 2 aliphatic rings. The highest BCUT2D eigenvalue weighted by molar-refractivity contribution is 6.31. The molecule has 0 N–H and O–H groups in total. The largest absolute Gasteiger partial charge is 0.327 e. The fourth-order valence-electron chi connectivity index (χ4n) is 3.27. The molecule has 3 amide bonds. The van der Waals surface area contributed by atoms with Crippen molar-refractivity contribution < 1.29 is 14.0 Å². The van der Waals surface area contributed by atoms with E-state index in [2.05, 4.69) is 4.90 Å². The number of imide groups is 1. The summed E-state index contributed by atoms with van der Waals surface area (Å²) in [6, 6.07) is 4.06. The molecule has 124 valence electrons. The van der Waals surface area contributed by atoms with Gasteiger partial charge in [0.05, 0.1) is 6.04 Å². The van der Waals surface area contributed by atoms with Crippen molar-refractivity contribution in [1.82, 2.24) is 14.7 Å². The highest BCUT2D eigenvalue weighted by Gasteiger charge is 2.40. The molecule has 0 spiro atoms. The lowest BCUT2D eigenvalue weighted by Crippen LogP contribution is -2.50. The fourth-order valence-corrected chi connectivity index (χ4v) is 3.50. The Kier molecular flexibility index (Phi) is 4.55. The molecule has 23 heavy (non-hydrogen) atoms. The Hall–Kier alpha value is -1.66. The first-order valence-electron chi connectivity index (χ1n) is 7.69. The minimum atomic E-state index is -0.355. The number of rotatable bonds is 3. The van der Waals surface area contributed by atoms with Gasteiger partial charge in [0.15, 0.2) is 0 Å². The van der Waals surface area contributed by atoms with Crippen molar-refractivity contribution in [2.45, 2.75) is 25.4 Å². The van der Waals surface area contributed by atoms with E-state index in [1.807, 2.05) is 0 Å². The second-order valence-electron chi connectivity index (χ2n) is 6.17. The number of likely N-dealkylation sites (N-methyl/N-ethyl adjacent to an activating group) is 1. The number of hydrogen-bond donors (Lipinski definition) is 0. The lowest BCUT2D eigenvalue weighted by Gasteiger charge is -2.36. The summed E-state index contributed by atoms with van der Waals surface area (Å²) in [4.78, 5) is 29.1. The number of nitrogens with zero attached hydrogens (tertiary/aromatic N) is 3. The molecule has 0 radical (unpaired) electrons. The molecule has 1 aromatic rings. The number of amides is 3. The average Bonchev–Trinajstić information content (AvgIpc) is 2.75. The molecule has 7 heteroatoms. The lowest BCUT2D eigenvalue weighted by atomic mass is 10.0. The smallest absolute Gasteiger partial charge is 0.318 e. The summed E-state index contributed by atoms with van der Waals surface area (Å²) in [6.07, 6.45) is 1.73. The molecule has 1 aromatic carbocycles. The van der Waals surface area contributed by atoms with Crippen LogP contribution in [0.5, 0.6) is 0 Å². The Morgan fingerprint density at radius 2 is 2.13 bits per heavy atom. The van der Waals surface area contributed by atoms with Crippen LogP contribution in [0.2, 0.25) is 5.02 Å². The van der Waals surface area contributed by atoms with Gasteiger partial charge in [-0.1, -0.05) is 17.7 Å². The Morgan fingerprint density at radius 1 is 1.35 bits per heavy atom. The van der Waals surface area contributed by atoms with Crippen LogP contribution < -0.4 is 0 Å². The molecule has 0 aliphatic carbocycles. The zero-order chi connectivity index (χ0) is 16.6. The first-order valence-corrected chi connectivity index (χ1v) is 8.07. The van der Waals surface area contributed by atoms with Crippen molar-refractivity contribution in [3.63, 3.8) is 0 Å². The molecule has 0 bridgehead atoms. The zero-order valence-electron chi connectivity index (χ0n) is 13.0. The van der Waals surface area contributed by atoms with Crippen LogP contribution in [0.3, 0.4) is 0 Å². The summed E-state index contributed by atoms with van der Waals surface area (Å²) in [5, 5.41) is 0.403. The summed E-state index contributed by atoms with van der Waals surface area (Å²) < 4.78 is 13.1. The van der Waals surface area contributed by atoms with Gasteiger partial charge in [0.25, 0.3) is 5.91 Å². The first-order chi connectivity index (χ1) is 11.0. The van der Waals surface area contributed by atoms with Crippen LogP contribution in [-0.2, 0) is 11.3 Å². The topological polar surface area (TPSA) is 43.9 Å². The van der Waals surface area contributed by atoms with E-state index in [0.29, 0.717) is 18.1 Å². The van der Waals surface area contributed by atoms with Crippen molar-refractivity contribution in [3.05, 3.63) is 34.6 Å². The monoisotopic (exact) mass is 339 g/mol. The molecule has 5 nitrogen and oxygen atoms in total. The van der Waals surface area contributed by atoms with Crippen molar-refractivity contribution in [2.75, 3.05) is 26.7 Å². The summed E-state index contributed by atoms with van der Waals surface area (Å²) in [5.41, 5.74) is 0.852. The number of urea groups is 1. The van der Waals surface area contributed by atoms with Gasteiger partial charge in [-0.3, -0.25) is 14.6 Å². The van der Waals surface area contributed by atoms with Crippen LogP contribution >= 0.6 is 11.6 Å². The fraction of sp³-hybridized carbons (Fsp3) is 0.500. The highest BCUT2D eigenvalue weighted by atomic mass is 35.5. The summed E-state index contributed by atoms with van der Waals surface area (Å²) in [5.74, 6) is -0.490. The Bertz CT molecular complexity index is 640. The van der Waals surface area contributed by atoms with E-state index < -0.39 is 0 Å². The van der Waals surface area contributed by atoms with Gasteiger partial charge in [-0.2, -0.15) is 0 Å². The van der Waals surface area contributed by atoms with Crippen molar-refractivity contribution in [1.29, 1.82) is 0 Å². The third-order valence-corrected chi connectivity index (χ3v) is 4.78. The second-order valence-corrected chi connectivity index (χ2v) is 6.58. The van der Waals surface area contributed by atoms with Gasteiger partial charge < -0.3 is 4.90 Å². The van der Waals surface area contributed by atoms with Crippen LogP contribution in [0.1, 0.15) is 18.4 Å². The van der Waals surface area contributed by atoms with Gasteiger partial charge in [0.1, 0.15) is 12.4 Å². The van der Waals surface area contributed by atoms with E-state index in [0.717, 1.165) is 24.9 Å². The van der Waals surface area contributed by atoms with E-state index in [1.54, 1.807) is 13.1 Å². The van der Waals surface area contributed by atoms with Crippen LogP contribution in [0.15, 0.2) is 18.2 Å². The van der Waals surface area contributed by atoms with Crippen molar-refractivity contribution >= 4 is 23.5 Å². The van der Waals surface area contributed by atoms with Crippen molar-refractivity contribution in [2.24, 2.45) is 0 Å². The minimum absolute atomic E-state index is 0.104. The van der Waals surface area contributed by atoms with Crippen LogP contribution in [0, 0.1) is 5.82 Å². The number of likely N-dealkylation sites (tertiary alicyclic amines) is 1. The summed E-state index contributed by atoms with van der Waals surface area (Å²) in [7, 11) is 1.64. The maximum Gasteiger partial charge on any atom is 0.327 e. The van der Waals surface area contributed by atoms with E-state index in [1.165, 1.54) is 21.9 Å². The quantitative estimate of drug-likeness (QED) is 0.794. The maximum atomic E-state index is 13.1. The maximum absolute atomic E-state index is 13.1. The molecule has 1 atom stereocenters. The molecule has 2 heterocycles. The Labute approximate surface area is 139 Å². The molecule has 2 fully saturated rings. The van der Waals surface area contributed by atoms with E-state index >= 15 is 0 Å². The molecule has 0 saturated carbocycles. The van der Waals surface area contributed by atoms with Gasteiger partial charge in [0.2, 0.25) is 0 Å². The predicted octanol–water partition coefficient (Wildman–Crippen LogP) is 2.34. The molecule has 2 aliphatic heterocycles. The number of carbonyl (C=O) groups is 2. The number of carbonyl (C=O) groups excluding carboxylic acids is 2.